The molecule has 1 atom stereocenters. The summed E-state index contributed by atoms with van der Waals surface area (Å²) in [7, 11) is 0. The summed E-state index contributed by atoms with van der Waals surface area (Å²) in [5.41, 5.74) is -2.25. The van der Waals surface area contributed by atoms with Gasteiger partial charge in [0.15, 0.2) is 5.41 Å². The van der Waals surface area contributed by atoms with Crippen LogP contribution in [0.15, 0.2) is 0 Å². The lowest BCUT2D eigenvalue weighted by atomic mass is 9.67. The molecule has 0 radical (unpaired) electrons. The maximum atomic E-state index is 12.3. The number of hydrogen-bond donors (Lipinski definition) is 1. The Morgan fingerprint density at radius 3 is 1.84 bits per heavy atom. The molecule has 112 valence electrons. The highest BCUT2D eigenvalue weighted by molar-refractivity contribution is 8.00. The zero-order valence-electron chi connectivity index (χ0n) is 13.0. The second-order valence-electron chi connectivity index (χ2n) is 6.58. The van der Waals surface area contributed by atoms with Crippen LogP contribution in [0.1, 0.15) is 48.5 Å². The molecule has 0 aromatic heterocycles. The molecule has 19 heavy (non-hydrogen) atoms. The topological polar surface area (TPSA) is 63.6 Å². The Kier molecular flexibility index (Phi) is 5.93. The van der Waals surface area contributed by atoms with E-state index in [2.05, 4.69) is 0 Å². The van der Waals surface area contributed by atoms with Crippen molar-refractivity contribution in [2.75, 3.05) is 12.4 Å². The molecule has 0 aliphatic rings. The minimum absolute atomic E-state index is 0.113. The second-order valence-corrected chi connectivity index (χ2v) is 8.38. The molecule has 0 heterocycles. The summed E-state index contributed by atoms with van der Waals surface area (Å²) in [4.78, 5) is 24.0. The molecule has 0 spiro atoms. The van der Waals surface area contributed by atoms with Gasteiger partial charge in [-0.25, -0.2) is 0 Å². The fourth-order valence-electron chi connectivity index (χ4n) is 1.63. The summed E-state index contributed by atoms with van der Waals surface area (Å²) in [6.07, 6.45) is 0. The first-order chi connectivity index (χ1) is 8.38. The molecular weight excluding hydrogens is 264 g/mol. The predicted octanol–water partition coefficient (Wildman–Crippen LogP) is 3.20. The van der Waals surface area contributed by atoms with E-state index in [1.165, 1.54) is 11.8 Å². The van der Waals surface area contributed by atoms with Crippen LogP contribution < -0.4 is 0 Å². The highest BCUT2D eigenvalue weighted by Gasteiger charge is 2.56. The van der Waals surface area contributed by atoms with Crippen LogP contribution in [-0.4, -0.2) is 34.2 Å². The zero-order chi connectivity index (χ0) is 15.5. The van der Waals surface area contributed by atoms with E-state index >= 15 is 0 Å². The third kappa shape index (κ3) is 4.41. The van der Waals surface area contributed by atoms with Crippen molar-refractivity contribution in [2.45, 2.75) is 53.2 Å². The first kappa shape index (κ1) is 18.3. The minimum Gasteiger partial charge on any atom is -0.480 e. The van der Waals surface area contributed by atoms with Crippen molar-refractivity contribution in [1.29, 1.82) is 0 Å². The van der Waals surface area contributed by atoms with E-state index in [0.29, 0.717) is 0 Å². The molecule has 0 aromatic carbocycles. The van der Waals surface area contributed by atoms with Crippen LogP contribution >= 0.6 is 11.8 Å². The molecular formula is C14H26O4S. The Balaban J connectivity index is 5.54. The van der Waals surface area contributed by atoms with Gasteiger partial charge in [0, 0.05) is 10.5 Å². The lowest BCUT2D eigenvalue weighted by Gasteiger charge is -2.39. The number of rotatable bonds is 5. The number of carbonyl (C=O) groups is 2. The van der Waals surface area contributed by atoms with Gasteiger partial charge in [-0.05, 0) is 12.3 Å². The van der Waals surface area contributed by atoms with Gasteiger partial charge in [-0.15, -0.1) is 0 Å². The van der Waals surface area contributed by atoms with Gasteiger partial charge in [-0.3, -0.25) is 9.59 Å². The van der Waals surface area contributed by atoms with Crippen LogP contribution in [-0.2, 0) is 14.3 Å². The number of carboxylic acid groups (broad SMARTS) is 1. The van der Waals surface area contributed by atoms with Gasteiger partial charge in [0.25, 0.3) is 0 Å². The molecule has 0 unspecified atom stereocenters. The Hall–Kier alpha value is -0.710. The second kappa shape index (κ2) is 6.16. The Labute approximate surface area is 120 Å². The average Bonchev–Trinajstić information content (AvgIpc) is 2.13. The minimum atomic E-state index is -1.53. The Bertz CT molecular complexity index is 338. The van der Waals surface area contributed by atoms with E-state index in [-0.39, 0.29) is 17.1 Å². The molecule has 0 aliphatic heterocycles. The summed E-state index contributed by atoms with van der Waals surface area (Å²) in [6.45, 7) is 13.2. The molecule has 0 rings (SSSR count). The SMILES string of the molecule is CCOC(=O)[C@@](CSC(C)(C)C)(C(=O)O)C(C)(C)C. The van der Waals surface area contributed by atoms with Crippen LogP contribution in [0.3, 0.4) is 0 Å². The maximum Gasteiger partial charge on any atom is 0.324 e. The van der Waals surface area contributed by atoms with Gasteiger partial charge in [0.1, 0.15) is 0 Å². The van der Waals surface area contributed by atoms with Crippen LogP contribution in [0.5, 0.6) is 0 Å². The smallest absolute Gasteiger partial charge is 0.324 e. The van der Waals surface area contributed by atoms with Gasteiger partial charge < -0.3 is 9.84 Å². The Morgan fingerprint density at radius 1 is 1.11 bits per heavy atom. The monoisotopic (exact) mass is 290 g/mol. The number of aliphatic carboxylic acids is 1. The van der Waals surface area contributed by atoms with Gasteiger partial charge >= 0.3 is 11.9 Å². The molecule has 0 amide bonds. The van der Waals surface area contributed by atoms with Crippen LogP contribution in [0.25, 0.3) is 0 Å². The van der Waals surface area contributed by atoms with Crippen LogP contribution in [0.4, 0.5) is 0 Å². The summed E-state index contributed by atoms with van der Waals surface area (Å²) < 4.78 is 4.91. The number of ether oxygens (including phenoxy) is 1. The lowest BCUT2D eigenvalue weighted by Crippen LogP contribution is -2.52. The molecule has 5 heteroatoms. The van der Waals surface area contributed by atoms with E-state index in [0.717, 1.165) is 0 Å². The number of hydrogen-bond acceptors (Lipinski definition) is 4. The molecule has 0 aromatic rings. The third-order valence-electron chi connectivity index (χ3n) is 2.99. The van der Waals surface area contributed by atoms with Gasteiger partial charge in [0.05, 0.1) is 6.61 Å². The standard InChI is InChI=1S/C14H26O4S/c1-8-18-11(17)14(10(15)16,12(2,3)4)9-19-13(5,6)7/h8-9H2,1-7H3,(H,15,16)/t14-/m1/s1. The molecule has 0 bridgehead atoms. The quantitative estimate of drug-likeness (QED) is 0.622. The summed E-state index contributed by atoms with van der Waals surface area (Å²) in [5.74, 6) is -1.56. The number of esters is 1. The average molecular weight is 290 g/mol. The maximum absolute atomic E-state index is 12.3. The van der Waals surface area contributed by atoms with Crippen molar-refractivity contribution >= 4 is 23.7 Å². The van der Waals surface area contributed by atoms with E-state index < -0.39 is 22.8 Å². The van der Waals surface area contributed by atoms with Crippen molar-refractivity contribution in [3.05, 3.63) is 0 Å². The molecule has 0 fully saturated rings. The van der Waals surface area contributed by atoms with Gasteiger partial charge in [-0.2, -0.15) is 11.8 Å². The largest absolute Gasteiger partial charge is 0.480 e. The third-order valence-corrected chi connectivity index (χ3v) is 4.43. The van der Waals surface area contributed by atoms with Gasteiger partial charge in [-0.1, -0.05) is 41.5 Å². The number of carboxylic acids is 1. The van der Waals surface area contributed by atoms with Crippen molar-refractivity contribution in [1.82, 2.24) is 0 Å². The highest BCUT2D eigenvalue weighted by Crippen LogP contribution is 2.45. The first-order valence-electron chi connectivity index (χ1n) is 6.43. The van der Waals surface area contributed by atoms with E-state index in [4.69, 9.17) is 4.74 Å². The summed E-state index contributed by atoms with van der Waals surface area (Å²) in [5, 5.41) is 9.64. The molecule has 4 nitrogen and oxygen atoms in total. The van der Waals surface area contributed by atoms with Crippen molar-refractivity contribution in [2.24, 2.45) is 10.8 Å². The summed E-state index contributed by atoms with van der Waals surface area (Å²) in [6, 6.07) is 0. The molecule has 0 aliphatic carbocycles. The number of thioether (sulfide) groups is 1. The predicted molar refractivity (Wildman–Crippen MR) is 78.4 cm³/mol. The molecule has 1 N–H and O–H groups in total. The van der Waals surface area contributed by atoms with Crippen molar-refractivity contribution in [3.8, 4) is 0 Å². The van der Waals surface area contributed by atoms with Crippen molar-refractivity contribution in [3.63, 3.8) is 0 Å². The molecule has 0 saturated heterocycles. The lowest BCUT2D eigenvalue weighted by molar-refractivity contribution is -0.174. The van der Waals surface area contributed by atoms with Crippen molar-refractivity contribution < 1.29 is 19.4 Å². The fourth-order valence-corrected chi connectivity index (χ4v) is 2.95. The first-order valence-corrected chi connectivity index (χ1v) is 7.41. The number of carbonyl (C=O) groups excluding carboxylic acids is 1. The highest BCUT2D eigenvalue weighted by atomic mass is 32.2. The Morgan fingerprint density at radius 2 is 1.58 bits per heavy atom. The normalized spacial score (nSPS) is 15.7. The summed E-state index contributed by atoms with van der Waals surface area (Å²) >= 11 is 1.47. The molecule has 0 saturated carbocycles. The fraction of sp³-hybridized carbons (Fsp3) is 0.857. The van der Waals surface area contributed by atoms with Crippen LogP contribution in [0, 0.1) is 10.8 Å². The van der Waals surface area contributed by atoms with E-state index in [1.54, 1.807) is 27.7 Å². The van der Waals surface area contributed by atoms with E-state index in [9.17, 15) is 14.7 Å². The zero-order valence-corrected chi connectivity index (χ0v) is 13.8. The van der Waals surface area contributed by atoms with Crippen LogP contribution in [0.2, 0.25) is 0 Å². The van der Waals surface area contributed by atoms with Gasteiger partial charge in [0.2, 0.25) is 0 Å². The van der Waals surface area contributed by atoms with E-state index in [1.807, 2.05) is 20.8 Å².